The first-order valence-corrected chi connectivity index (χ1v) is 9.09. The van der Waals surface area contributed by atoms with E-state index in [0.29, 0.717) is 24.0 Å². The lowest BCUT2D eigenvalue weighted by Gasteiger charge is -2.32. The first-order chi connectivity index (χ1) is 12.3. The van der Waals surface area contributed by atoms with Crippen LogP contribution in [0.2, 0.25) is 0 Å². The lowest BCUT2D eigenvalue weighted by molar-refractivity contribution is -0.116. The maximum atomic E-state index is 11.9. The van der Waals surface area contributed by atoms with Gasteiger partial charge < -0.3 is 10.2 Å². The average Bonchev–Trinajstić information content (AvgIpc) is 3.19. The van der Waals surface area contributed by atoms with E-state index in [1.54, 1.807) is 23.6 Å². The number of aromatic nitrogens is 2. The molecule has 0 aliphatic carbocycles. The van der Waals surface area contributed by atoms with Crippen LogP contribution < -0.4 is 10.2 Å². The van der Waals surface area contributed by atoms with E-state index in [1.165, 1.54) is 6.20 Å². The van der Waals surface area contributed by atoms with Crippen molar-refractivity contribution in [2.45, 2.75) is 12.8 Å². The maximum Gasteiger partial charge on any atom is 0.244 e. The van der Waals surface area contributed by atoms with Crippen LogP contribution in [-0.2, 0) is 4.79 Å². The molecule has 1 amide bonds. The van der Waals surface area contributed by atoms with Gasteiger partial charge in [0.1, 0.15) is 6.07 Å². The number of anilines is 1. The number of amides is 1. The molecule has 0 atom stereocenters. The first-order valence-electron chi connectivity index (χ1n) is 8.21. The molecular formula is C18H19N5OS. The molecular weight excluding hydrogens is 334 g/mol. The summed E-state index contributed by atoms with van der Waals surface area (Å²) in [6.45, 7) is 2.31. The van der Waals surface area contributed by atoms with Gasteiger partial charge in [0.15, 0.2) is 11.5 Å². The summed E-state index contributed by atoms with van der Waals surface area (Å²) in [5.41, 5.74) is 0.368. The molecule has 1 saturated heterocycles. The summed E-state index contributed by atoms with van der Waals surface area (Å²) >= 11 is 1.61. The van der Waals surface area contributed by atoms with E-state index in [4.69, 9.17) is 5.26 Å². The van der Waals surface area contributed by atoms with Crippen LogP contribution in [-0.4, -0.2) is 35.5 Å². The molecule has 3 heterocycles. The van der Waals surface area contributed by atoms with Crippen LogP contribution in [0.3, 0.4) is 0 Å². The molecule has 25 heavy (non-hydrogen) atoms. The minimum absolute atomic E-state index is 0.0588. The Labute approximate surface area is 150 Å². The maximum absolute atomic E-state index is 11.9. The second kappa shape index (κ2) is 8.40. The van der Waals surface area contributed by atoms with E-state index in [9.17, 15) is 4.79 Å². The predicted octanol–water partition coefficient (Wildman–Crippen LogP) is 2.46. The molecule has 0 saturated carbocycles. The number of carbonyl (C=O) groups excluding carboxylic acids is 1. The van der Waals surface area contributed by atoms with Crippen LogP contribution in [0, 0.1) is 17.2 Å². The van der Waals surface area contributed by atoms with Crippen molar-refractivity contribution in [3.63, 3.8) is 0 Å². The van der Waals surface area contributed by atoms with Crippen molar-refractivity contribution in [2.24, 2.45) is 5.92 Å². The van der Waals surface area contributed by atoms with Gasteiger partial charge in [-0.3, -0.25) is 4.79 Å². The van der Waals surface area contributed by atoms with Gasteiger partial charge in [-0.25, -0.2) is 9.97 Å². The highest BCUT2D eigenvalue weighted by Crippen LogP contribution is 2.22. The highest BCUT2D eigenvalue weighted by molar-refractivity contribution is 7.10. The zero-order chi connectivity index (χ0) is 17.5. The summed E-state index contributed by atoms with van der Waals surface area (Å²) in [6, 6.07) is 6.03. The number of nitriles is 1. The molecule has 2 aromatic rings. The first kappa shape index (κ1) is 17.1. The number of nitrogens with one attached hydrogen (secondary N) is 1. The van der Waals surface area contributed by atoms with E-state index in [0.717, 1.165) is 30.8 Å². The second-order valence-corrected chi connectivity index (χ2v) is 6.84. The van der Waals surface area contributed by atoms with E-state index < -0.39 is 0 Å². The van der Waals surface area contributed by atoms with Crippen molar-refractivity contribution in [1.29, 1.82) is 5.26 Å². The summed E-state index contributed by atoms with van der Waals surface area (Å²) in [4.78, 5) is 23.4. The molecule has 0 spiro atoms. The van der Waals surface area contributed by atoms with Crippen LogP contribution in [0.4, 0.5) is 5.82 Å². The number of hydrogen-bond donors (Lipinski definition) is 1. The van der Waals surface area contributed by atoms with Crippen molar-refractivity contribution in [3.8, 4) is 6.07 Å². The number of rotatable bonds is 5. The van der Waals surface area contributed by atoms with Gasteiger partial charge in [-0.1, -0.05) is 6.07 Å². The number of carbonyl (C=O) groups is 1. The van der Waals surface area contributed by atoms with Crippen LogP contribution in [0.1, 0.15) is 23.4 Å². The Morgan fingerprint density at radius 2 is 2.20 bits per heavy atom. The fourth-order valence-electron chi connectivity index (χ4n) is 2.84. The van der Waals surface area contributed by atoms with Gasteiger partial charge in [0.25, 0.3) is 0 Å². The SMILES string of the molecule is N#Cc1nccnc1N1CCC(CNC(=O)/C=C/c2cccs2)CC1. The average molecular weight is 353 g/mol. The van der Waals surface area contributed by atoms with Gasteiger partial charge in [0, 0.05) is 43.0 Å². The Hall–Kier alpha value is -2.72. The lowest BCUT2D eigenvalue weighted by Crippen LogP contribution is -2.39. The fourth-order valence-corrected chi connectivity index (χ4v) is 3.46. The Kier molecular flexibility index (Phi) is 5.75. The molecule has 1 N–H and O–H groups in total. The fraction of sp³-hybridized carbons (Fsp3) is 0.333. The summed E-state index contributed by atoms with van der Waals surface area (Å²) < 4.78 is 0. The number of piperidine rings is 1. The quantitative estimate of drug-likeness (QED) is 0.835. The van der Waals surface area contributed by atoms with E-state index in [-0.39, 0.29) is 5.91 Å². The summed E-state index contributed by atoms with van der Waals surface area (Å²) in [7, 11) is 0. The third-order valence-corrected chi connectivity index (χ3v) is 5.04. The zero-order valence-corrected chi connectivity index (χ0v) is 14.6. The third kappa shape index (κ3) is 4.64. The molecule has 1 aliphatic rings. The monoisotopic (exact) mass is 353 g/mol. The number of thiophene rings is 1. The van der Waals surface area contributed by atoms with Crippen molar-refractivity contribution >= 4 is 29.1 Å². The minimum Gasteiger partial charge on any atom is -0.354 e. The molecule has 0 radical (unpaired) electrons. The van der Waals surface area contributed by atoms with Crippen LogP contribution in [0.5, 0.6) is 0 Å². The third-order valence-electron chi connectivity index (χ3n) is 4.21. The highest BCUT2D eigenvalue weighted by Gasteiger charge is 2.22. The Bertz CT molecular complexity index is 773. The van der Waals surface area contributed by atoms with Crippen molar-refractivity contribution in [2.75, 3.05) is 24.5 Å². The van der Waals surface area contributed by atoms with Gasteiger partial charge in [0.05, 0.1) is 0 Å². The molecule has 7 heteroatoms. The standard InChI is InChI=1S/C18H19N5OS/c19-12-16-18(21-8-7-20-16)23-9-5-14(6-10-23)13-22-17(24)4-3-15-2-1-11-25-15/h1-4,7-8,11,14H,5-6,9-10,13H2,(H,22,24)/b4-3+. The van der Waals surface area contributed by atoms with Gasteiger partial charge in [0.2, 0.25) is 5.91 Å². The normalized spacial score (nSPS) is 15.2. The molecule has 2 aromatic heterocycles. The second-order valence-electron chi connectivity index (χ2n) is 5.86. The van der Waals surface area contributed by atoms with Crippen LogP contribution >= 0.6 is 11.3 Å². The summed E-state index contributed by atoms with van der Waals surface area (Å²) in [6.07, 6.45) is 8.48. The molecule has 1 aliphatic heterocycles. The molecule has 0 bridgehead atoms. The molecule has 0 unspecified atom stereocenters. The Morgan fingerprint density at radius 3 is 2.92 bits per heavy atom. The van der Waals surface area contributed by atoms with Gasteiger partial charge >= 0.3 is 0 Å². The largest absolute Gasteiger partial charge is 0.354 e. The van der Waals surface area contributed by atoms with Gasteiger partial charge in [-0.15, -0.1) is 11.3 Å². The van der Waals surface area contributed by atoms with Crippen LogP contribution in [0.15, 0.2) is 36.0 Å². The molecule has 0 aromatic carbocycles. The van der Waals surface area contributed by atoms with E-state index in [2.05, 4.69) is 26.3 Å². The molecule has 6 nitrogen and oxygen atoms in total. The van der Waals surface area contributed by atoms with Crippen LogP contribution in [0.25, 0.3) is 6.08 Å². The van der Waals surface area contributed by atoms with Gasteiger partial charge in [-0.05, 0) is 36.3 Å². The smallest absolute Gasteiger partial charge is 0.244 e. The molecule has 128 valence electrons. The number of hydrogen-bond acceptors (Lipinski definition) is 6. The molecule has 1 fully saturated rings. The number of nitrogens with zero attached hydrogens (tertiary/aromatic N) is 4. The topological polar surface area (TPSA) is 81.9 Å². The van der Waals surface area contributed by atoms with Gasteiger partial charge in [-0.2, -0.15) is 5.26 Å². The van der Waals surface area contributed by atoms with E-state index >= 15 is 0 Å². The predicted molar refractivity (Wildman–Crippen MR) is 98.0 cm³/mol. The highest BCUT2D eigenvalue weighted by atomic mass is 32.1. The molecule has 3 rings (SSSR count). The Morgan fingerprint density at radius 1 is 1.40 bits per heavy atom. The Balaban J connectivity index is 1.45. The minimum atomic E-state index is -0.0588. The van der Waals surface area contributed by atoms with Crippen molar-refractivity contribution < 1.29 is 4.79 Å². The van der Waals surface area contributed by atoms with Crippen molar-refractivity contribution in [1.82, 2.24) is 15.3 Å². The van der Waals surface area contributed by atoms with E-state index in [1.807, 2.05) is 23.6 Å². The van der Waals surface area contributed by atoms with Crippen molar-refractivity contribution in [3.05, 3.63) is 46.6 Å². The summed E-state index contributed by atoms with van der Waals surface area (Å²) in [5, 5.41) is 14.1. The lowest BCUT2D eigenvalue weighted by atomic mass is 9.96. The summed E-state index contributed by atoms with van der Waals surface area (Å²) in [5.74, 6) is 1.04. The zero-order valence-electron chi connectivity index (χ0n) is 13.8.